The van der Waals surface area contributed by atoms with Gasteiger partial charge in [-0.2, -0.15) is 5.10 Å². The fourth-order valence-corrected chi connectivity index (χ4v) is 2.15. The van der Waals surface area contributed by atoms with Gasteiger partial charge < -0.3 is 5.32 Å². The molecule has 0 atom stereocenters. The van der Waals surface area contributed by atoms with Gasteiger partial charge >= 0.3 is 0 Å². The van der Waals surface area contributed by atoms with Crippen molar-refractivity contribution in [2.45, 2.75) is 25.7 Å². The molecule has 1 N–H and O–H groups in total. The van der Waals surface area contributed by atoms with Crippen LogP contribution in [0.3, 0.4) is 0 Å². The summed E-state index contributed by atoms with van der Waals surface area (Å²) in [5, 5.41) is 7.77. The van der Waals surface area contributed by atoms with Gasteiger partial charge in [-0.25, -0.2) is 0 Å². The van der Waals surface area contributed by atoms with Gasteiger partial charge in [-0.3, -0.25) is 4.68 Å². The van der Waals surface area contributed by atoms with Crippen LogP contribution in [0.25, 0.3) is 0 Å². The van der Waals surface area contributed by atoms with Crippen LogP contribution in [0.15, 0.2) is 6.20 Å². The lowest BCUT2D eigenvalue weighted by molar-refractivity contribution is 0.459. The number of hydrogen-bond acceptors (Lipinski definition) is 2. The van der Waals surface area contributed by atoms with Gasteiger partial charge in [0.2, 0.25) is 0 Å². The van der Waals surface area contributed by atoms with Gasteiger partial charge in [0, 0.05) is 13.2 Å². The third-order valence-electron chi connectivity index (χ3n) is 2.83. The quantitative estimate of drug-likeness (QED) is 0.702. The van der Waals surface area contributed by atoms with Crippen molar-refractivity contribution in [1.82, 2.24) is 15.1 Å². The summed E-state index contributed by atoms with van der Waals surface area (Å²) in [7, 11) is 2.00. The minimum absolute atomic E-state index is 0.731. The molecular weight excluding hydrogens is 162 g/mol. The zero-order valence-corrected chi connectivity index (χ0v) is 8.38. The molecule has 0 radical (unpaired) electrons. The van der Waals surface area contributed by atoms with Crippen LogP contribution in [-0.2, 0) is 7.05 Å². The normalized spacial score (nSPS) is 19.2. The molecule has 13 heavy (non-hydrogen) atoms. The van der Waals surface area contributed by atoms with E-state index in [1.807, 2.05) is 11.7 Å². The van der Waals surface area contributed by atoms with Crippen LogP contribution in [-0.4, -0.2) is 22.9 Å². The molecule has 1 aliphatic rings. The highest BCUT2D eigenvalue weighted by Crippen LogP contribution is 2.26. The predicted octanol–water partition coefficient (Wildman–Crippen LogP) is 1.20. The lowest BCUT2D eigenvalue weighted by atomic mass is 9.91. The van der Waals surface area contributed by atoms with Crippen molar-refractivity contribution < 1.29 is 0 Å². The maximum absolute atomic E-state index is 4.38. The lowest BCUT2D eigenvalue weighted by Crippen LogP contribution is -2.26. The topological polar surface area (TPSA) is 29.9 Å². The monoisotopic (exact) mass is 179 g/mol. The SMILES string of the molecule is Cc1nn(C)cc1C1CCNCC1. The molecule has 2 rings (SSSR count). The molecule has 0 aromatic carbocycles. The molecule has 1 aromatic rings. The third kappa shape index (κ3) is 1.75. The molecule has 72 valence electrons. The highest BCUT2D eigenvalue weighted by atomic mass is 15.2. The van der Waals surface area contributed by atoms with E-state index in [0.29, 0.717) is 0 Å². The van der Waals surface area contributed by atoms with Crippen LogP contribution in [0.2, 0.25) is 0 Å². The molecule has 0 unspecified atom stereocenters. The highest BCUT2D eigenvalue weighted by molar-refractivity contribution is 5.21. The van der Waals surface area contributed by atoms with Crippen LogP contribution >= 0.6 is 0 Å². The second kappa shape index (κ2) is 3.50. The number of aromatic nitrogens is 2. The third-order valence-corrected chi connectivity index (χ3v) is 2.83. The van der Waals surface area contributed by atoms with Crippen LogP contribution < -0.4 is 5.32 Å². The number of piperidine rings is 1. The van der Waals surface area contributed by atoms with E-state index >= 15 is 0 Å². The van der Waals surface area contributed by atoms with Crippen molar-refractivity contribution in [2.24, 2.45) is 7.05 Å². The molecule has 1 saturated heterocycles. The second-order valence-electron chi connectivity index (χ2n) is 3.87. The van der Waals surface area contributed by atoms with Crippen molar-refractivity contribution in [1.29, 1.82) is 0 Å². The number of nitrogens with one attached hydrogen (secondary N) is 1. The Bertz CT molecular complexity index is 284. The van der Waals surface area contributed by atoms with Gasteiger partial charge in [0.05, 0.1) is 5.69 Å². The van der Waals surface area contributed by atoms with Gasteiger partial charge in [-0.15, -0.1) is 0 Å². The zero-order chi connectivity index (χ0) is 9.26. The molecule has 0 bridgehead atoms. The smallest absolute Gasteiger partial charge is 0.0628 e. The molecular formula is C10H17N3. The van der Waals surface area contributed by atoms with E-state index in [1.54, 1.807) is 0 Å². The molecule has 3 heteroatoms. The number of nitrogens with zero attached hydrogens (tertiary/aromatic N) is 2. The summed E-state index contributed by atoms with van der Waals surface area (Å²) < 4.78 is 1.92. The first-order chi connectivity index (χ1) is 6.27. The first kappa shape index (κ1) is 8.75. The van der Waals surface area contributed by atoms with E-state index in [9.17, 15) is 0 Å². The van der Waals surface area contributed by atoms with Gasteiger partial charge in [-0.1, -0.05) is 0 Å². The highest BCUT2D eigenvalue weighted by Gasteiger charge is 2.18. The maximum atomic E-state index is 4.38. The Balaban J connectivity index is 2.18. The summed E-state index contributed by atoms with van der Waals surface area (Å²) >= 11 is 0. The zero-order valence-electron chi connectivity index (χ0n) is 8.38. The first-order valence-corrected chi connectivity index (χ1v) is 4.98. The fourth-order valence-electron chi connectivity index (χ4n) is 2.15. The van der Waals surface area contributed by atoms with Crippen molar-refractivity contribution in [2.75, 3.05) is 13.1 Å². The van der Waals surface area contributed by atoms with Crippen LogP contribution in [0.1, 0.15) is 30.0 Å². The molecule has 0 saturated carbocycles. The van der Waals surface area contributed by atoms with E-state index in [-0.39, 0.29) is 0 Å². The Morgan fingerprint density at radius 3 is 2.69 bits per heavy atom. The summed E-state index contributed by atoms with van der Waals surface area (Å²) in [6.45, 7) is 4.41. The van der Waals surface area contributed by atoms with Crippen LogP contribution in [0.4, 0.5) is 0 Å². The van der Waals surface area contributed by atoms with Crippen molar-refractivity contribution in [3.8, 4) is 0 Å². The minimum Gasteiger partial charge on any atom is -0.317 e. The Morgan fingerprint density at radius 2 is 2.15 bits per heavy atom. The number of aryl methyl sites for hydroxylation is 2. The van der Waals surface area contributed by atoms with E-state index in [1.165, 1.54) is 24.1 Å². The Labute approximate surface area is 79.1 Å². The van der Waals surface area contributed by atoms with Crippen molar-refractivity contribution in [3.63, 3.8) is 0 Å². The maximum Gasteiger partial charge on any atom is 0.0628 e. The average Bonchev–Trinajstić information content (AvgIpc) is 2.47. The summed E-state index contributed by atoms with van der Waals surface area (Å²) in [4.78, 5) is 0. The summed E-state index contributed by atoms with van der Waals surface area (Å²) in [5.41, 5.74) is 2.65. The van der Waals surface area contributed by atoms with Gasteiger partial charge in [0.25, 0.3) is 0 Å². The molecule has 1 aromatic heterocycles. The van der Waals surface area contributed by atoms with E-state index in [0.717, 1.165) is 19.0 Å². The number of hydrogen-bond donors (Lipinski definition) is 1. The Kier molecular flexibility index (Phi) is 2.36. The standard InChI is InChI=1S/C10H17N3/c1-8-10(7-13(2)12-8)9-3-5-11-6-4-9/h7,9,11H,3-6H2,1-2H3. The van der Waals surface area contributed by atoms with Gasteiger partial charge in [-0.05, 0) is 44.3 Å². The summed E-state index contributed by atoms with van der Waals surface area (Å²) in [6.07, 6.45) is 4.68. The molecule has 0 amide bonds. The Hall–Kier alpha value is -0.830. The second-order valence-corrected chi connectivity index (χ2v) is 3.87. The molecule has 0 aliphatic carbocycles. The molecule has 1 fully saturated rings. The van der Waals surface area contributed by atoms with Gasteiger partial charge in [0.1, 0.15) is 0 Å². The van der Waals surface area contributed by atoms with Gasteiger partial charge in [0.15, 0.2) is 0 Å². The largest absolute Gasteiger partial charge is 0.317 e. The van der Waals surface area contributed by atoms with E-state index in [2.05, 4.69) is 23.5 Å². The Morgan fingerprint density at radius 1 is 1.46 bits per heavy atom. The fraction of sp³-hybridized carbons (Fsp3) is 0.700. The van der Waals surface area contributed by atoms with E-state index in [4.69, 9.17) is 0 Å². The molecule has 1 aliphatic heterocycles. The summed E-state index contributed by atoms with van der Waals surface area (Å²) in [5.74, 6) is 0.731. The van der Waals surface area contributed by atoms with Crippen LogP contribution in [0.5, 0.6) is 0 Å². The first-order valence-electron chi connectivity index (χ1n) is 4.98. The molecule has 2 heterocycles. The lowest BCUT2D eigenvalue weighted by Gasteiger charge is -2.21. The van der Waals surface area contributed by atoms with Crippen LogP contribution in [0, 0.1) is 6.92 Å². The van der Waals surface area contributed by atoms with Crippen molar-refractivity contribution >= 4 is 0 Å². The average molecular weight is 179 g/mol. The van der Waals surface area contributed by atoms with Crippen molar-refractivity contribution in [3.05, 3.63) is 17.5 Å². The summed E-state index contributed by atoms with van der Waals surface area (Å²) in [6, 6.07) is 0. The minimum atomic E-state index is 0.731. The predicted molar refractivity (Wildman–Crippen MR) is 52.8 cm³/mol. The molecule has 0 spiro atoms. The molecule has 3 nitrogen and oxygen atoms in total. The van der Waals surface area contributed by atoms with E-state index < -0.39 is 0 Å². The number of rotatable bonds is 1.